The molecule has 0 unspecified atom stereocenters. The third-order valence-corrected chi connectivity index (χ3v) is 6.20. The standard InChI is InChI=1S/C25H26ClF3N8O3/c1-34(2)9-10-35(3)20-13-22(40-4)18(12-21(20)37(38)39)33-24-30-8-7-16(32-24)23-31-17-11-15(26)5-6-19(17)36(23)14-25(27,28)29/h5-8,11-13H,9-10,14H2,1-4H3,(H,30,32,33). The number of nitro benzene ring substituents is 1. The molecule has 2 aromatic heterocycles. The van der Waals surface area contributed by atoms with E-state index in [-0.39, 0.29) is 45.6 Å². The molecule has 0 saturated heterocycles. The molecule has 40 heavy (non-hydrogen) atoms. The number of methoxy groups -OCH3 is 1. The molecule has 0 aliphatic carbocycles. The molecule has 0 bridgehead atoms. The SMILES string of the molecule is COc1cc(N(C)CCN(C)C)c([N+](=O)[O-])cc1Nc1nccc(-c2nc3cc(Cl)ccc3n2CC(F)(F)F)n1. The van der Waals surface area contributed by atoms with Crippen molar-refractivity contribution >= 4 is 45.6 Å². The van der Waals surface area contributed by atoms with Crippen LogP contribution in [-0.4, -0.2) is 76.9 Å². The number of nitrogens with one attached hydrogen (secondary N) is 1. The van der Waals surface area contributed by atoms with E-state index < -0.39 is 17.6 Å². The summed E-state index contributed by atoms with van der Waals surface area (Å²) in [6.07, 6.45) is -3.18. The lowest BCUT2D eigenvalue weighted by atomic mass is 10.2. The number of imidazole rings is 1. The number of likely N-dealkylation sites (N-methyl/N-ethyl adjacent to an activating group) is 2. The van der Waals surface area contributed by atoms with Crippen LogP contribution in [0, 0.1) is 10.1 Å². The number of rotatable bonds is 10. The number of nitrogens with zero attached hydrogens (tertiary/aromatic N) is 7. The summed E-state index contributed by atoms with van der Waals surface area (Å²) in [7, 11) is 6.96. The third-order valence-electron chi connectivity index (χ3n) is 5.97. The highest BCUT2D eigenvalue weighted by Gasteiger charge is 2.31. The molecule has 2 aromatic carbocycles. The normalized spacial score (nSPS) is 11.7. The van der Waals surface area contributed by atoms with E-state index in [2.05, 4.69) is 20.3 Å². The lowest BCUT2D eigenvalue weighted by Crippen LogP contribution is -2.28. The number of hydrogen-bond acceptors (Lipinski definition) is 9. The zero-order valence-electron chi connectivity index (χ0n) is 22.0. The molecule has 0 saturated carbocycles. The van der Waals surface area contributed by atoms with Gasteiger partial charge in [-0.05, 0) is 38.4 Å². The molecule has 4 rings (SSSR count). The van der Waals surface area contributed by atoms with Crippen molar-refractivity contribution in [2.45, 2.75) is 12.7 Å². The minimum Gasteiger partial charge on any atom is -0.494 e. The van der Waals surface area contributed by atoms with Crippen molar-refractivity contribution < 1.29 is 22.8 Å². The Morgan fingerprint density at radius 3 is 2.52 bits per heavy atom. The molecule has 11 nitrogen and oxygen atoms in total. The van der Waals surface area contributed by atoms with E-state index in [0.29, 0.717) is 23.8 Å². The topological polar surface area (TPSA) is 114 Å². The van der Waals surface area contributed by atoms with Crippen LogP contribution in [-0.2, 0) is 6.54 Å². The molecule has 0 aliphatic heterocycles. The van der Waals surface area contributed by atoms with Crippen molar-refractivity contribution in [3.63, 3.8) is 0 Å². The van der Waals surface area contributed by atoms with Crippen LogP contribution in [0.2, 0.25) is 5.02 Å². The Kier molecular flexibility index (Phi) is 8.30. The second-order valence-corrected chi connectivity index (χ2v) is 9.62. The lowest BCUT2D eigenvalue weighted by molar-refractivity contribution is -0.384. The Balaban J connectivity index is 1.74. The van der Waals surface area contributed by atoms with Gasteiger partial charge in [-0.15, -0.1) is 0 Å². The largest absolute Gasteiger partial charge is 0.494 e. The van der Waals surface area contributed by atoms with Gasteiger partial charge in [0.2, 0.25) is 5.95 Å². The Morgan fingerprint density at radius 1 is 1.12 bits per heavy atom. The van der Waals surface area contributed by atoms with Crippen molar-refractivity contribution in [3.05, 3.63) is 57.7 Å². The monoisotopic (exact) mass is 578 g/mol. The maximum atomic E-state index is 13.5. The molecule has 0 spiro atoms. The van der Waals surface area contributed by atoms with Crippen molar-refractivity contribution in [1.29, 1.82) is 0 Å². The minimum atomic E-state index is -4.52. The molecule has 212 valence electrons. The molecule has 0 radical (unpaired) electrons. The molecule has 2 heterocycles. The predicted octanol–water partition coefficient (Wildman–Crippen LogP) is 5.37. The Labute approximate surface area is 232 Å². The van der Waals surface area contributed by atoms with Gasteiger partial charge in [-0.1, -0.05) is 11.6 Å². The second-order valence-electron chi connectivity index (χ2n) is 9.18. The van der Waals surface area contributed by atoms with Gasteiger partial charge in [-0.25, -0.2) is 15.0 Å². The van der Waals surface area contributed by atoms with Crippen LogP contribution in [0.1, 0.15) is 0 Å². The average molecular weight is 579 g/mol. The summed E-state index contributed by atoms with van der Waals surface area (Å²) in [6, 6.07) is 8.67. The third kappa shape index (κ3) is 6.51. The van der Waals surface area contributed by atoms with E-state index in [9.17, 15) is 23.3 Å². The highest BCUT2D eigenvalue weighted by atomic mass is 35.5. The zero-order chi connectivity index (χ0) is 29.2. The fraction of sp³-hybridized carbons (Fsp3) is 0.320. The number of aromatic nitrogens is 4. The Bertz CT molecular complexity index is 1540. The molecule has 0 atom stereocenters. The van der Waals surface area contributed by atoms with E-state index in [1.54, 1.807) is 11.9 Å². The van der Waals surface area contributed by atoms with E-state index in [1.807, 2.05) is 19.0 Å². The van der Waals surface area contributed by atoms with E-state index in [4.69, 9.17) is 16.3 Å². The van der Waals surface area contributed by atoms with Crippen LogP contribution in [0.25, 0.3) is 22.6 Å². The summed E-state index contributed by atoms with van der Waals surface area (Å²) in [5, 5.41) is 15.1. The summed E-state index contributed by atoms with van der Waals surface area (Å²) in [5.74, 6) is 0.212. The quantitative estimate of drug-likeness (QED) is 0.196. The van der Waals surface area contributed by atoms with Gasteiger partial charge in [0.25, 0.3) is 5.69 Å². The maximum Gasteiger partial charge on any atom is 0.406 e. The van der Waals surface area contributed by atoms with Crippen LogP contribution in [0.15, 0.2) is 42.6 Å². The van der Waals surface area contributed by atoms with Crippen molar-refractivity contribution in [3.8, 4) is 17.3 Å². The summed E-state index contributed by atoms with van der Waals surface area (Å²) in [5.41, 5.74) is 0.976. The summed E-state index contributed by atoms with van der Waals surface area (Å²) < 4.78 is 46.9. The maximum absolute atomic E-state index is 13.5. The second kappa shape index (κ2) is 11.5. The molecule has 0 amide bonds. The van der Waals surface area contributed by atoms with Gasteiger partial charge in [-0.3, -0.25) is 10.1 Å². The molecule has 0 fully saturated rings. The van der Waals surface area contributed by atoms with Crippen molar-refractivity contribution in [2.24, 2.45) is 0 Å². The van der Waals surface area contributed by atoms with Crippen LogP contribution < -0.4 is 15.0 Å². The first-order chi connectivity index (χ1) is 18.9. The van der Waals surface area contributed by atoms with Crippen LogP contribution in [0.5, 0.6) is 5.75 Å². The number of fused-ring (bicyclic) bond motifs is 1. The first-order valence-corrected chi connectivity index (χ1v) is 12.3. The molecule has 4 aromatic rings. The van der Waals surface area contributed by atoms with Gasteiger partial charge >= 0.3 is 6.18 Å². The lowest BCUT2D eigenvalue weighted by Gasteiger charge is -2.22. The highest BCUT2D eigenvalue weighted by molar-refractivity contribution is 6.31. The molecule has 0 aliphatic rings. The first-order valence-electron chi connectivity index (χ1n) is 11.9. The number of alkyl halides is 3. The molecule has 15 heteroatoms. The number of hydrogen-bond donors (Lipinski definition) is 1. The van der Waals surface area contributed by atoms with Crippen molar-refractivity contribution in [1.82, 2.24) is 24.4 Å². The number of nitro groups is 1. The van der Waals surface area contributed by atoms with Gasteiger partial charge in [0, 0.05) is 43.5 Å². The van der Waals surface area contributed by atoms with E-state index >= 15 is 0 Å². The summed E-state index contributed by atoms with van der Waals surface area (Å²) in [4.78, 5) is 28.0. The number of halogens is 4. The van der Waals surface area contributed by atoms with Crippen LogP contribution >= 0.6 is 11.6 Å². The summed E-state index contributed by atoms with van der Waals surface area (Å²) in [6.45, 7) is -0.100. The van der Waals surface area contributed by atoms with Gasteiger partial charge in [-0.2, -0.15) is 13.2 Å². The Hall–Kier alpha value is -4.17. The molecular formula is C25H26ClF3N8O3. The Morgan fingerprint density at radius 2 is 1.88 bits per heavy atom. The van der Waals surface area contributed by atoms with E-state index in [0.717, 1.165) is 4.57 Å². The highest BCUT2D eigenvalue weighted by Crippen LogP contribution is 2.39. The predicted molar refractivity (Wildman–Crippen MR) is 147 cm³/mol. The van der Waals surface area contributed by atoms with Gasteiger partial charge in [0.15, 0.2) is 5.82 Å². The number of benzene rings is 2. The number of anilines is 3. The first kappa shape index (κ1) is 28.8. The smallest absolute Gasteiger partial charge is 0.406 e. The zero-order valence-corrected chi connectivity index (χ0v) is 22.8. The van der Waals surface area contributed by atoms with E-state index in [1.165, 1.54) is 49.7 Å². The fourth-order valence-electron chi connectivity index (χ4n) is 4.05. The molecule has 1 N–H and O–H groups in total. The van der Waals surface area contributed by atoms with Crippen LogP contribution in [0.4, 0.5) is 36.2 Å². The number of ether oxygens (including phenoxy) is 1. The summed E-state index contributed by atoms with van der Waals surface area (Å²) >= 11 is 6.03. The van der Waals surface area contributed by atoms with Crippen molar-refractivity contribution in [2.75, 3.05) is 51.6 Å². The van der Waals surface area contributed by atoms with Gasteiger partial charge < -0.3 is 24.4 Å². The fourth-order valence-corrected chi connectivity index (χ4v) is 4.21. The van der Waals surface area contributed by atoms with Gasteiger partial charge in [0.05, 0.1) is 28.8 Å². The molecular weight excluding hydrogens is 553 g/mol. The minimum absolute atomic E-state index is 0.0255. The average Bonchev–Trinajstić information content (AvgIpc) is 3.22. The van der Waals surface area contributed by atoms with Gasteiger partial charge in [0.1, 0.15) is 23.7 Å². The van der Waals surface area contributed by atoms with Crippen LogP contribution in [0.3, 0.4) is 0 Å².